The van der Waals surface area contributed by atoms with Gasteiger partial charge in [0.05, 0.1) is 0 Å². The average Bonchev–Trinajstić information content (AvgIpc) is 2.11. The van der Waals surface area contributed by atoms with Crippen molar-refractivity contribution in [2.45, 2.75) is 11.3 Å². The van der Waals surface area contributed by atoms with Gasteiger partial charge in [0.2, 0.25) is 0 Å². The molecule has 1 aliphatic rings. The van der Waals surface area contributed by atoms with Crippen LogP contribution >= 0.6 is 35.1 Å². The molecule has 0 amide bonds. The smallest absolute Gasteiger partial charge is 0.290 e. The van der Waals surface area contributed by atoms with E-state index >= 15 is 0 Å². The molecule has 1 aromatic rings. The molecule has 1 N–H and O–H groups in total. The molecule has 0 spiro atoms. The summed E-state index contributed by atoms with van der Waals surface area (Å²) in [5.41, 5.74) is 0. The van der Waals surface area contributed by atoms with Crippen LogP contribution in [0.4, 0.5) is 0 Å². The Morgan fingerprint density at radius 2 is 1.75 bits per heavy atom. The molecule has 1 heterocycles. The number of hydrogen-bond acceptors (Lipinski definition) is 3. The van der Waals surface area contributed by atoms with Crippen LogP contribution in [0.2, 0.25) is 10.0 Å². The van der Waals surface area contributed by atoms with Crippen LogP contribution in [0.3, 0.4) is 0 Å². The molecule has 3 nitrogen and oxygen atoms in total. The Labute approximate surface area is 108 Å². The standard InChI is InChI=1S/C9H9Cl2NS.CH2O2/c10-7-4-8(11)6-9(5-7)13-12-2-1-3-12;2-1-3/h4-6H,1-3H2;1H,(H,2,3). The first-order valence-corrected chi connectivity index (χ1v) is 6.15. The highest BCUT2D eigenvalue weighted by molar-refractivity contribution is 7.97. The first-order chi connectivity index (χ1) is 7.65. The summed E-state index contributed by atoms with van der Waals surface area (Å²) in [4.78, 5) is 9.48. The number of benzene rings is 1. The van der Waals surface area contributed by atoms with Gasteiger partial charge in [-0.05, 0) is 36.6 Å². The van der Waals surface area contributed by atoms with E-state index in [9.17, 15) is 0 Å². The van der Waals surface area contributed by atoms with E-state index in [-0.39, 0.29) is 6.47 Å². The lowest BCUT2D eigenvalue weighted by Crippen LogP contribution is -2.30. The molecule has 1 fully saturated rings. The molecular weight excluding hydrogens is 269 g/mol. The van der Waals surface area contributed by atoms with E-state index < -0.39 is 0 Å². The second kappa shape index (κ2) is 7.01. The van der Waals surface area contributed by atoms with Gasteiger partial charge in [-0.2, -0.15) is 0 Å². The highest BCUT2D eigenvalue weighted by atomic mass is 35.5. The Bertz CT molecular complexity index is 338. The Kier molecular flexibility index (Phi) is 5.98. The monoisotopic (exact) mass is 279 g/mol. The number of carboxylic acid groups (broad SMARTS) is 1. The van der Waals surface area contributed by atoms with Crippen molar-refractivity contribution in [3.63, 3.8) is 0 Å². The van der Waals surface area contributed by atoms with Gasteiger partial charge < -0.3 is 5.11 Å². The quantitative estimate of drug-likeness (QED) is 0.665. The van der Waals surface area contributed by atoms with Gasteiger partial charge in [-0.1, -0.05) is 23.2 Å². The zero-order valence-corrected chi connectivity index (χ0v) is 10.7. The maximum absolute atomic E-state index is 8.36. The molecule has 0 unspecified atom stereocenters. The summed E-state index contributed by atoms with van der Waals surface area (Å²) < 4.78 is 2.29. The minimum absolute atomic E-state index is 0.250. The molecule has 6 heteroatoms. The lowest BCUT2D eigenvalue weighted by molar-refractivity contribution is -0.122. The summed E-state index contributed by atoms with van der Waals surface area (Å²) in [6.07, 6.45) is 1.29. The first-order valence-electron chi connectivity index (χ1n) is 4.62. The van der Waals surface area contributed by atoms with E-state index in [1.54, 1.807) is 18.0 Å². The van der Waals surface area contributed by atoms with Crippen LogP contribution in [0.1, 0.15) is 6.42 Å². The van der Waals surface area contributed by atoms with Gasteiger partial charge in [-0.15, -0.1) is 0 Å². The van der Waals surface area contributed by atoms with E-state index in [0.29, 0.717) is 10.0 Å². The van der Waals surface area contributed by atoms with Crippen molar-refractivity contribution in [1.82, 2.24) is 4.31 Å². The molecule has 0 radical (unpaired) electrons. The van der Waals surface area contributed by atoms with Crippen molar-refractivity contribution in [1.29, 1.82) is 0 Å². The number of rotatable bonds is 2. The zero-order chi connectivity index (χ0) is 12.0. The summed E-state index contributed by atoms with van der Waals surface area (Å²) in [6, 6.07) is 5.64. The number of halogens is 2. The summed E-state index contributed by atoms with van der Waals surface area (Å²) in [5, 5.41) is 8.30. The highest BCUT2D eigenvalue weighted by Gasteiger charge is 2.15. The van der Waals surface area contributed by atoms with Gasteiger partial charge in [0.15, 0.2) is 0 Å². The normalized spacial score (nSPS) is 14.6. The second-order valence-electron chi connectivity index (χ2n) is 3.08. The van der Waals surface area contributed by atoms with E-state index in [1.807, 2.05) is 12.1 Å². The first kappa shape index (κ1) is 13.6. The molecule has 88 valence electrons. The van der Waals surface area contributed by atoms with Crippen LogP contribution in [0.25, 0.3) is 0 Å². The molecule has 0 aromatic heterocycles. The third kappa shape index (κ3) is 4.61. The Balaban J connectivity index is 0.000000386. The van der Waals surface area contributed by atoms with Gasteiger partial charge >= 0.3 is 0 Å². The van der Waals surface area contributed by atoms with Crippen molar-refractivity contribution in [3.8, 4) is 0 Å². The highest BCUT2D eigenvalue weighted by Crippen LogP contribution is 2.31. The van der Waals surface area contributed by atoms with Gasteiger partial charge in [0, 0.05) is 28.0 Å². The summed E-state index contributed by atoms with van der Waals surface area (Å²) in [5.74, 6) is 0. The molecule has 1 aliphatic heterocycles. The zero-order valence-electron chi connectivity index (χ0n) is 8.40. The molecule has 0 aliphatic carbocycles. The van der Waals surface area contributed by atoms with Crippen molar-refractivity contribution < 1.29 is 9.90 Å². The van der Waals surface area contributed by atoms with E-state index in [2.05, 4.69) is 4.31 Å². The third-order valence-electron chi connectivity index (χ3n) is 1.89. The Morgan fingerprint density at radius 1 is 1.25 bits per heavy atom. The van der Waals surface area contributed by atoms with Crippen LogP contribution in [0, 0.1) is 0 Å². The van der Waals surface area contributed by atoms with Gasteiger partial charge in [-0.3, -0.25) is 4.79 Å². The summed E-state index contributed by atoms with van der Waals surface area (Å²) in [7, 11) is 0. The largest absolute Gasteiger partial charge is 0.483 e. The molecule has 1 saturated heterocycles. The molecule has 0 bridgehead atoms. The van der Waals surface area contributed by atoms with Crippen LogP contribution < -0.4 is 0 Å². The predicted octanol–water partition coefficient (Wildman–Crippen LogP) is 3.41. The topological polar surface area (TPSA) is 40.5 Å². The summed E-state index contributed by atoms with van der Waals surface area (Å²) >= 11 is 13.5. The second-order valence-corrected chi connectivity index (χ2v) is 5.13. The van der Waals surface area contributed by atoms with Crippen molar-refractivity contribution in [2.24, 2.45) is 0 Å². The molecule has 2 rings (SSSR count). The van der Waals surface area contributed by atoms with Crippen molar-refractivity contribution in [2.75, 3.05) is 13.1 Å². The van der Waals surface area contributed by atoms with Gasteiger partial charge in [-0.25, -0.2) is 4.31 Å². The van der Waals surface area contributed by atoms with E-state index in [1.165, 1.54) is 6.42 Å². The van der Waals surface area contributed by atoms with Gasteiger partial charge in [0.25, 0.3) is 6.47 Å². The lowest BCUT2D eigenvalue weighted by Gasteiger charge is -2.29. The van der Waals surface area contributed by atoms with E-state index in [4.69, 9.17) is 33.1 Å². The predicted molar refractivity (Wildman–Crippen MR) is 67.2 cm³/mol. The average molecular weight is 280 g/mol. The fraction of sp³-hybridized carbons (Fsp3) is 0.300. The lowest BCUT2D eigenvalue weighted by atomic mass is 10.3. The SMILES string of the molecule is Clc1cc(Cl)cc(SN2CCC2)c1.O=CO. The van der Waals surface area contributed by atoms with Crippen molar-refractivity contribution in [3.05, 3.63) is 28.2 Å². The van der Waals surface area contributed by atoms with Gasteiger partial charge in [0.1, 0.15) is 0 Å². The third-order valence-corrected chi connectivity index (χ3v) is 3.39. The maximum Gasteiger partial charge on any atom is 0.290 e. The molecule has 0 atom stereocenters. The Hall–Kier alpha value is -0.420. The fourth-order valence-corrected chi connectivity index (χ4v) is 2.86. The van der Waals surface area contributed by atoms with E-state index in [0.717, 1.165) is 18.0 Å². The maximum atomic E-state index is 8.36. The number of nitrogens with zero attached hydrogens (tertiary/aromatic N) is 1. The molecule has 1 aromatic carbocycles. The fourth-order valence-electron chi connectivity index (χ4n) is 1.11. The van der Waals surface area contributed by atoms with Crippen molar-refractivity contribution >= 4 is 41.6 Å². The molecule has 16 heavy (non-hydrogen) atoms. The minimum atomic E-state index is -0.250. The Morgan fingerprint density at radius 3 is 2.12 bits per heavy atom. The summed E-state index contributed by atoms with van der Waals surface area (Å²) in [6.45, 7) is 2.07. The molecule has 0 saturated carbocycles. The van der Waals surface area contributed by atoms with Crippen LogP contribution in [0.15, 0.2) is 23.1 Å². The minimum Gasteiger partial charge on any atom is -0.483 e. The van der Waals surface area contributed by atoms with Crippen LogP contribution in [0.5, 0.6) is 0 Å². The molecular formula is C10H11Cl2NO2S. The van der Waals surface area contributed by atoms with Crippen LogP contribution in [-0.2, 0) is 4.79 Å². The number of carbonyl (C=O) groups is 1. The van der Waals surface area contributed by atoms with Crippen LogP contribution in [-0.4, -0.2) is 29.0 Å². The number of hydrogen-bond donors (Lipinski definition) is 1.